The first-order chi connectivity index (χ1) is 11.2. The van der Waals surface area contributed by atoms with Crippen LogP contribution in [0.5, 0.6) is 5.75 Å². The van der Waals surface area contributed by atoms with Crippen molar-refractivity contribution in [3.63, 3.8) is 0 Å². The van der Waals surface area contributed by atoms with Crippen LogP contribution >= 0.6 is 0 Å². The molecule has 0 aliphatic heterocycles. The molecule has 0 spiro atoms. The number of imidazole rings is 1. The summed E-state index contributed by atoms with van der Waals surface area (Å²) in [5.41, 5.74) is 1.23. The largest absolute Gasteiger partial charge is 0.491 e. The van der Waals surface area contributed by atoms with Crippen LogP contribution in [0.1, 0.15) is 18.3 Å². The van der Waals surface area contributed by atoms with E-state index in [0.717, 1.165) is 31.2 Å². The molecule has 0 aliphatic carbocycles. The number of nitrogens with one attached hydrogen (secondary N) is 1. The molecule has 1 N–H and O–H groups in total. The third-order valence-electron chi connectivity index (χ3n) is 3.71. The molecule has 1 unspecified atom stereocenters. The number of hydrogen-bond donors (Lipinski definition) is 1. The van der Waals surface area contributed by atoms with Crippen molar-refractivity contribution in [2.45, 2.75) is 26.9 Å². The molecule has 23 heavy (non-hydrogen) atoms. The summed E-state index contributed by atoms with van der Waals surface area (Å²) in [5.74, 6) is 2.50. The molecule has 0 aliphatic rings. The van der Waals surface area contributed by atoms with E-state index in [9.17, 15) is 0 Å². The van der Waals surface area contributed by atoms with E-state index < -0.39 is 0 Å². The quantitative estimate of drug-likeness (QED) is 0.684. The molecule has 0 radical (unpaired) electrons. The van der Waals surface area contributed by atoms with Crippen molar-refractivity contribution in [2.24, 2.45) is 5.92 Å². The molecule has 2 rings (SSSR count). The van der Waals surface area contributed by atoms with E-state index in [-0.39, 0.29) is 0 Å². The number of rotatable bonds is 10. The van der Waals surface area contributed by atoms with Gasteiger partial charge in [0.05, 0.1) is 6.61 Å². The van der Waals surface area contributed by atoms with E-state index in [1.165, 1.54) is 5.56 Å². The van der Waals surface area contributed by atoms with E-state index in [1.54, 1.807) is 7.11 Å². The fraction of sp³-hybridized carbons (Fsp3) is 0.500. The summed E-state index contributed by atoms with van der Waals surface area (Å²) in [6.07, 6.45) is 3.89. The molecule has 1 heterocycles. The normalized spacial score (nSPS) is 12.3. The van der Waals surface area contributed by atoms with E-state index in [0.29, 0.717) is 19.1 Å². The van der Waals surface area contributed by atoms with Gasteiger partial charge in [0.15, 0.2) is 0 Å². The Hall–Kier alpha value is -1.85. The van der Waals surface area contributed by atoms with Crippen LogP contribution < -0.4 is 10.1 Å². The van der Waals surface area contributed by atoms with E-state index >= 15 is 0 Å². The molecule has 0 fully saturated rings. The maximum absolute atomic E-state index is 5.63. The lowest BCUT2D eigenvalue weighted by Gasteiger charge is -2.15. The summed E-state index contributed by atoms with van der Waals surface area (Å²) < 4.78 is 12.8. The second-order valence-electron chi connectivity index (χ2n) is 5.85. The van der Waals surface area contributed by atoms with Gasteiger partial charge in [-0.2, -0.15) is 0 Å². The lowest BCUT2D eigenvalue weighted by molar-refractivity contribution is 0.146. The molecule has 2 aromatic rings. The zero-order valence-electron chi connectivity index (χ0n) is 14.3. The minimum absolute atomic E-state index is 0.545. The highest BCUT2D eigenvalue weighted by molar-refractivity contribution is 5.28. The number of aromatic nitrogens is 2. The third-order valence-corrected chi connectivity index (χ3v) is 3.71. The molecule has 0 saturated heterocycles. The van der Waals surface area contributed by atoms with Crippen molar-refractivity contribution in [1.29, 1.82) is 0 Å². The number of ether oxygens (including phenoxy) is 2. The molecule has 126 valence electrons. The van der Waals surface area contributed by atoms with Gasteiger partial charge in [0.2, 0.25) is 0 Å². The monoisotopic (exact) mass is 317 g/mol. The van der Waals surface area contributed by atoms with E-state index in [2.05, 4.69) is 33.9 Å². The second kappa shape index (κ2) is 9.33. The average Bonchev–Trinajstić information content (AvgIpc) is 2.93. The maximum atomic E-state index is 5.63. The number of benzene rings is 1. The van der Waals surface area contributed by atoms with Crippen molar-refractivity contribution in [3.8, 4) is 5.75 Å². The van der Waals surface area contributed by atoms with Gasteiger partial charge in [-0.05, 0) is 37.1 Å². The van der Waals surface area contributed by atoms with Crippen LogP contribution in [0.15, 0.2) is 36.7 Å². The van der Waals surface area contributed by atoms with Crippen molar-refractivity contribution < 1.29 is 9.47 Å². The summed E-state index contributed by atoms with van der Waals surface area (Å²) >= 11 is 0. The molecule has 0 bridgehead atoms. The van der Waals surface area contributed by atoms with Crippen molar-refractivity contribution >= 4 is 0 Å². The second-order valence-corrected chi connectivity index (χ2v) is 5.85. The first-order valence-electron chi connectivity index (χ1n) is 8.08. The molecule has 0 saturated carbocycles. The SMILES string of the molecule is COCCOc1cccc(CNCC(C)Cn2ccnc2C)c1. The Morgan fingerprint density at radius 3 is 2.91 bits per heavy atom. The zero-order valence-corrected chi connectivity index (χ0v) is 14.3. The highest BCUT2D eigenvalue weighted by Crippen LogP contribution is 2.13. The Kier molecular flexibility index (Phi) is 7.10. The van der Waals surface area contributed by atoms with Gasteiger partial charge in [-0.1, -0.05) is 19.1 Å². The van der Waals surface area contributed by atoms with Gasteiger partial charge in [-0.3, -0.25) is 0 Å². The highest BCUT2D eigenvalue weighted by atomic mass is 16.5. The fourth-order valence-electron chi connectivity index (χ4n) is 2.45. The van der Waals surface area contributed by atoms with Gasteiger partial charge in [-0.25, -0.2) is 4.98 Å². The van der Waals surface area contributed by atoms with Crippen LogP contribution in [0.2, 0.25) is 0 Å². The van der Waals surface area contributed by atoms with Crippen molar-refractivity contribution in [1.82, 2.24) is 14.9 Å². The smallest absolute Gasteiger partial charge is 0.119 e. The minimum Gasteiger partial charge on any atom is -0.491 e. The van der Waals surface area contributed by atoms with E-state index in [4.69, 9.17) is 9.47 Å². The number of methoxy groups -OCH3 is 1. The Morgan fingerprint density at radius 1 is 1.30 bits per heavy atom. The number of hydrogen-bond acceptors (Lipinski definition) is 4. The molecule has 1 aromatic carbocycles. The summed E-state index contributed by atoms with van der Waals surface area (Å²) in [6.45, 7) is 8.26. The lowest BCUT2D eigenvalue weighted by atomic mass is 10.1. The molecule has 1 atom stereocenters. The fourth-order valence-corrected chi connectivity index (χ4v) is 2.45. The number of nitrogens with zero attached hydrogens (tertiary/aromatic N) is 2. The Balaban J connectivity index is 1.73. The van der Waals surface area contributed by atoms with Crippen LogP contribution in [0.25, 0.3) is 0 Å². The Bertz CT molecular complexity index is 583. The third kappa shape index (κ3) is 6.04. The zero-order chi connectivity index (χ0) is 16.5. The molecular weight excluding hydrogens is 290 g/mol. The number of aryl methyl sites for hydroxylation is 1. The predicted octanol–water partition coefficient (Wildman–Crippen LogP) is 2.64. The van der Waals surface area contributed by atoms with Gasteiger partial charge >= 0.3 is 0 Å². The van der Waals surface area contributed by atoms with Crippen LogP contribution in [-0.2, 0) is 17.8 Å². The van der Waals surface area contributed by atoms with E-state index in [1.807, 2.05) is 31.5 Å². The average molecular weight is 317 g/mol. The summed E-state index contributed by atoms with van der Waals surface area (Å²) in [5, 5.41) is 3.51. The van der Waals surface area contributed by atoms with Crippen LogP contribution in [0, 0.1) is 12.8 Å². The van der Waals surface area contributed by atoms with Gasteiger partial charge in [-0.15, -0.1) is 0 Å². The first-order valence-corrected chi connectivity index (χ1v) is 8.08. The van der Waals surface area contributed by atoms with Gasteiger partial charge < -0.3 is 19.4 Å². The topological polar surface area (TPSA) is 48.3 Å². The maximum Gasteiger partial charge on any atom is 0.119 e. The summed E-state index contributed by atoms with van der Waals surface area (Å²) in [7, 11) is 1.68. The Labute approximate surface area is 138 Å². The van der Waals surface area contributed by atoms with Crippen molar-refractivity contribution in [2.75, 3.05) is 26.9 Å². The molecule has 1 aromatic heterocycles. The van der Waals surface area contributed by atoms with Gasteiger partial charge in [0.25, 0.3) is 0 Å². The first kappa shape index (κ1) is 17.5. The molecule has 5 heteroatoms. The van der Waals surface area contributed by atoms with Crippen LogP contribution in [-0.4, -0.2) is 36.4 Å². The highest BCUT2D eigenvalue weighted by Gasteiger charge is 2.05. The Morgan fingerprint density at radius 2 is 2.17 bits per heavy atom. The van der Waals surface area contributed by atoms with Crippen LogP contribution in [0.3, 0.4) is 0 Å². The molecule has 0 amide bonds. The minimum atomic E-state index is 0.545. The summed E-state index contributed by atoms with van der Waals surface area (Å²) in [4.78, 5) is 4.26. The lowest BCUT2D eigenvalue weighted by Crippen LogP contribution is -2.24. The molecule has 5 nitrogen and oxygen atoms in total. The molecular formula is C18H27N3O2. The van der Waals surface area contributed by atoms with Gasteiger partial charge in [0.1, 0.15) is 18.2 Å². The van der Waals surface area contributed by atoms with Crippen molar-refractivity contribution in [3.05, 3.63) is 48.0 Å². The predicted molar refractivity (Wildman–Crippen MR) is 91.6 cm³/mol. The van der Waals surface area contributed by atoms with Crippen LogP contribution in [0.4, 0.5) is 0 Å². The summed E-state index contributed by atoms with van der Waals surface area (Å²) in [6, 6.07) is 8.19. The van der Waals surface area contributed by atoms with Gasteiger partial charge in [0, 0.05) is 32.6 Å². The standard InChI is InChI=1S/C18H27N3O2/c1-15(14-21-8-7-20-16(21)2)12-19-13-17-5-4-6-18(11-17)23-10-9-22-3/h4-8,11,15,19H,9-10,12-14H2,1-3H3.